The zero-order chi connectivity index (χ0) is 23.2. The van der Waals surface area contributed by atoms with Crippen molar-refractivity contribution in [1.29, 1.82) is 0 Å². The van der Waals surface area contributed by atoms with Gasteiger partial charge in [-0.2, -0.15) is 5.10 Å². The molecule has 34 heavy (non-hydrogen) atoms. The van der Waals surface area contributed by atoms with Crippen LogP contribution in [0.2, 0.25) is 0 Å². The second-order valence-corrected chi connectivity index (χ2v) is 8.30. The van der Waals surface area contributed by atoms with Crippen molar-refractivity contribution in [2.45, 2.75) is 19.4 Å². The number of fused-ring (bicyclic) bond motifs is 4. The van der Waals surface area contributed by atoms with Gasteiger partial charge >= 0.3 is 5.69 Å². The zero-order valence-corrected chi connectivity index (χ0v) is 18.6. The van der Waals surface area contributed by atoms with Gasteiger partial charge in [0.05, 0.1) is 12.8 Å². The highest BCUT2D eigenvalue weighted by Crippen LogP contribution is 2.27. The number of para-hydroxylation sites is 1. The Balaban J connectivity index is 1.36. The van der Waals surface area contributed by atoms with Crippen molar-refractivity contribution in [2.24, 2.45) is 0 Å². The van der Waals surface area contributed by atoms with Gasteiger partial charge in [0, 0.05) is 30.2 Å². The maximum atomic E-state index is 13.2. The van der Waals surface area contributed by atoms with E-state index in [2.05, 4.69) is 10.2 Å². The molecule has 0 spiro atoms. The number of amides is 1. The summed E-state index contributed by atoms with van der Waals surface area (Å²) in [5, 5.41) is 9.13. The molecule has 9 heteroatoms. The molecule has 170 valence electrons. The molecule has 4 heterocycles. The van der Waals surface area contributed by atoms with Crippen LogP contribution in [0, 0.1) is 0 Å². The Labute approximate surface area is 194 Å². The molecule has 6 rings (SSSR count). The molecule has 0 fully saturated rings. The van der Waals surface area contributed by atoms with Crippen molar-refractivity contribution in [3.05, 3.63) is 83.0 Å². The van der Waals surface area contributed by atoms with E-state index in [1.54, 1.807) is 28.9 Å². The molecule has 0 aliphatic carbocycles. The van der Waals surface area contributed by atoms with E-state index < -0.39 is 0 Å². The number of hydrogen-bond acceptors (Lipinski definition) is 5. The number of hydrogen-bond donors (Lipinski definition) is 0. The van der Waals surface area contributed by atoms with Gasteiger partial charge in [0.25, 0.3) is 0 Å². The Hall–Kier alpha value is -4.40. The molecule has 0 N–H and O–H groups in total. The number of ether oxygens (including phenoxy) is 1. The van der Waals surface area contributed by atoms with E-state index >= 15 is 0 Å². The summed E-state index contributed by atoms with van der Waals surface area (Å²) in [6.07, 6.45) is 5.18. The molecule has 1 aliphatic rings. The molecule has 1 amide bonds. The minimum atomic E-state index is -0.358. The Morgan fingerprint density at radius 2 is 1.88 bits per heavy atom. The second kappa shape index (κ2) is 7.87. The maximum absolute atomic E-state index is 13.2. The van der Waals surface area contributed by atoms with Crippen LogP contribution in [0.3, 0.4) is 0 Å². The van der Waals surface area contributed by atoms with Gasteiger partial charge in [0.1, 0.15) is 17.8 Å². The second-order valence-electron chi connectivity index (χ2n) is 8.30. The molecule has 0 saturated heterocycles. The largest absolute Gasteiger partial charge is 0.497 e. The number of carbonyl (C=O) groups excluding carboxylic acids is 1. The number of anilines is 1. The molecule has 5 aromatic rings. The summed E-state index contributed by atoms with van der Waals surface area (Å²) in [6, 6.07) is 17.4. The average molecular weight is 454 g/mol. The molecule has 0 radical (unpaired) electrons. The van der Waals surface area contributed by atoms with Gasteiger partial charge in [0.15, 0.2) is 5.65 Å². The summed E-state index contributed by atoms with van der Waals surface area (Å²) in [6.45, 7) is 0.510. The maximum Gasteiger partial charge on any atom is 0.350 e. The number of aromatic nitrogens is 5. The standard InChI is InChI=1S/C25H22N6O3/c1-34-19-10-8-17(9-11-19)20-15-22-24-27-31(25(33)29(24)13-14-30(22)26-20)16-23(32)28-12-4-6-18-5-2-3-7-21(18)28/h2-3,5,7-11,13-15H,4,6,12,16H2,1H3. The minimum Gasteiger partial charge on any atom is -0.497 e. The van der Waals surface area contributed by atoms with Crippen molar-refractivity contribution in [1.82, 2.24) is 23.8 Å². The van der Waals surface area contributed by atoms with Crippen molar-refractivity contribution in [2.75, 3.05) is 18.6 Å². The first-order chi connectivity index (χ1) is 16.6. The third kappa shape index (κ3) is 3.24. The predicted octanol–water partition coefficient (Wildman–Crippen LogP) is 2.80. The monoisotopic (exact) mass is 454 g/mol. The molecule has 2 aromatic carbocycles. The molecule has 0 saturated carbocycles. The van der Waals surface area contributed by atoms with Gasteiger partial charge in [0.2, 0.25) is 5.91 Å². The number of carbonyl (C=O) groups is 1. The molecule has 1 aliphatic heterocycles. The zero-order valence-electron chi connectivity index (χ0n) is 18.6. The lowest BCUT2D eigenvalue weighted by atomic mass is 10.0. The topological polar surface area (TPSA) is 86.1 Å². The smallest absolute Gasteiger partial charge is 0.350 e. The highest BCUT2D eigenvalue weighted by molar-refractivity contribution is 5.94. The van der Waals surface area contributed by atoms with Crippen molar-refractivity contribution in [3.8, 4) is 17.0 Å². The Morgan fingerprint density at radius 1 is 1.06 bits per heavy atom. The van der Waals surface area contributed by atoms with Gasteiger partial charge in [-0.25, -0.2) is 18.4 Å². The van der Waals surface area contributed by atoms with E-state index in [1.165, 1.54) is 9.08 Å². The van der Waals surface area contributed by atoms with E-state index in [-0.39, 0.29) is 18.1 Å². The minimum absolute atomic E-state index is 0.125. The van der Waals surface area contributed by atoms with Crippen LogP contribution >= 0.6 is 0 Å². The number of methoxy groups -OCH3 is 1. The summed E-state index contributed by atoms with van der Waals surface area (Å²) in [4.78, 5) is 27.9. The van der Waals surface area contributed by atoms with Crippen LogP contribution in [-0.4, -0.2) is 43.4 Å². The van der Waals surface area contributed by atoms with E-state index in [0.29, 0.717) is 17.7 Å². The number of benzene rings is 2. The number of aryl methyl sites for hydroxylation is 1. The van der Waals surface area contributed by atoms with Crippen LogP contribution in [0.4, 0.5) is 5.69 Å². The van der Waals surface area contributed by atoms with Gasteiger partial charge in [-0.15, -0.1) is 5.10 Å². The molecule has 0 atom stereocenters. The van der Waals surface area contributed by atoms with Crippen LogP contribution in [-0.2, 0) is 17.8 Å². The first-order valence-electron chi connectivity index (χ1n) is 11.1. The lowest BCUT2D eigenvalue weighted by Gasteiger charge is -2.29. The Bertz CT molecular complexity index is 1600. The summed E-state index contributed by atoms with van der Waals surface area (Å²) in [5.41, 5.74) is 4.51. The average Bonchev–Trinajstić information content (AvgIpc) is 3.45. The molecule has 3 aromatic heterocycles. The first kappa shape index (κ1) is 20.2. The van der Waals surface area contributed by atoms with Gasteiger partial charge in [-0.1, -0.05) is 18.2 Å². The molecule has 0 unspecified atom stereocenters. The third-order valence-electron chi connectivity index (χ3n) is 6.27. The SMILES string of the molecule is COc1ccc(-c2cc3c4nn(CC(=O)N5CCCc6ccccc65)c(=O)n4ccn3n2)cc1. The fourth-order valence-corrected chi connectivity index (χ4v) is 4.55. The fourth-order valence-electron chi connectivity index (χ4n) is 4.55. The van der Waals surface area contributed by atoms with Crippen LogP contribution < -0.4 is 15.3 Å². The molecular formula is C25H22N6O3. The van der Waals surface area contributed by atoms with Crippen LogP contribution in [0.1, 0.15) is 12.0 Å². The van der Waals surface area contributed by atoms with Gasteiger partial charge in [-0.05, 0) is 54.8 Å². The van der Waals surface area contributed by atoms with Crippen LogP contribution in [0.25, 0.3) is 22.4 Å². The fraction of sp³-hybridized carbons (Fsp3) is 0.200. The summed E-state index contributed by atoms with van der Waals surface area (Å²) < 4.78 is 9.60. The van der Waals surface area contributed by atoms with Crippen LogP contribution in [0.5, 0.6) is 5.75 Å². The third-order valence-corrected chi connectivity index (χ3v) is 6.27. The summed E-state index contributed by atoms with van der Waals surface area (Å²) in [7, 11) is 1.62. The van der Waals surface area contributed by atoms with Crippen molar-refractivity contribution < 1.29 is 9.53 Å². The van der Waals surface area contributed by atoms with Gasteiger partial charge in [-0.3, -0.25) is 4.79 Å². The van der Waals surface area contributed by atoms with E-state index in [4.69, 9.17) is 4.74 Å². The molecule has 0 bridgehead atoms. The predicted molar refractivity (Wildman–Crippen MR) is 127 cm³/mol. The highest BCUT2D eigenvalue weighted by Gasteiger charge is 2.24. The van der Waals surface area contributed by atoms with Crippen molar-refractivity contribution >= 4 is 22.8 Å². The lowest BCUT2D eigenvalue weighted by Crippen LogP contribution is -2.39. The number of nitrogens with zero attached hydrogens (tertiary/aromatic N) is 6. The Kier molecular flexibility index (Phi) is 4.68. The van der Waals surface area contributed by atoms with E-state index in [9.17, 15) is 9.59 Å². The number of rotatable bonds is 4. The quantitative estimate of drug-likeness (QED) is 0.417. The normalized spacial score (nSPS) is 13.4. The summed E-state index contributed by atoms with van der Waals surface area (Å²) in [5.74, 6) is 0.613. The van der Waals surface area contributed by atoms with Gasteiger partial charge < -0.3 is 9.64 Å². The lowest BCUT2D eigenvalue weighted by molar-refractivity contribution is -0.119. The Morgan fingerprint density at radius 3 is 2.71 bits per heavy atom. The molecule has 9 nitrogen and oxygen atoms in total. The van der Waals surface area contributed by atoms with E-state index in [0.717, 1.165) is 41.1 Å². The molecular weight excluding hydrogens is 432 g/mol. The highest BCUT2D eigenvalue weighted by atomic mass is 16.5. The van der Waals surface area contributed by atoms with Crippen molar-refractivity contribution in [3.63, 3.8) is 0 Å². The first-order valence-corrected chi connectivity index (χ1v) is 11.1. The van der Waals surface area contributed by atoms with Crippen LogP contribution in [0.15, 0.2) is 71.8 Å². The summed E-state index contributed by atoms with van der Waals surface area (Å²) >= 11 is 0. The van der Waals surface area contributed by atoms with E-state index in [1.807, 2.05) is 54.6 Å².